The van der Waals surface area contributed by atoms with Gasteiger partial charge in [0.05, 0.1) is 12.1 Å². The van der Waals surface area contributed by atoms with Gasteiger partial charge < -0.3 is 14.4 Å². The van der Waals surface area contributed by atoms with Crippen LogP contribution < -0.4 is 15.2 Å². The molecule has 4 aromatic rings. The summed E-state index contributed by atoms with van der Waals surface area (Å²) in [5.74, 6) is 0.480. The molecular weight excluding hydrogens is 619 g/mol. The van der Waals surface area contributed by atoms with Crippen molar-refractivity contribution in [3.05, 3.63) is 70.3 Å². The van der Waals surface area contributed by atoms with Crippen molar-refractivity contribution in [2.45, 2.75) is 104 Å². The number of ether oxygens (including phenoxy) is 2. The van der Waals surface area contributed by atoms with Crippen LogP contribution in [0.25, 0.3) is 21.0 Å². The van der Waals surface area contributed by atoms with Gasteiger partial charge in [0, 0.05) is 60.5 Å². The number of benzene rings is 2. The number of hydrogen-bond acceptors (Lipinski definition) is 7. The molecule has 0 aliphatic carbocycles. The maximum atomic E-state index is 12.7. The lowest BCUT2D eigenvalue weighted by Crippen LogP contribution is -2.46. The quantitative estimate of drug-likeness (QED) is 0.0649. The fraction of sp³-hybridized carbons (Fsp3) is 0.550. The average molecular weight is 674 g/mol. The van der Waals surface area contributed by atoms with Crippen LogP contribution in [0.5, 0.6) is 5.75 Å². The van der Waals surface area contributed by atoms with Gasteiger partial charge in [0.1, 0.15) is 5.75 Å². The van der Waals surface area contributed by atoms with Crippen LogP contribution in [0.4, 0.5) is 5.69 Å². The molecule has 260 valence electrons. The van der Waals surface area contributed by atoms with Crippen LogP contribution in [0.15, 0.2) is 64.8 Å². The molecule has 8 heteroatoms. The Kier molecular flexibility index (Phi) is 14.7. The first-order valence-corrected chi connectivity index (χ1v) is 19.4. The average Bonchev–Trinajstić information content (AvgIpc) is 3.60. The Morgan fingerprint density at radius 3 is 2.29 bits per heavy atom. The maximum Gasteiger partial charge on any atom is 0.307 e. The third-order valence-corrected chi connectivity index (χ3v) is 10.5. The Balaban J connectivity index is 0.976. The fourth-order valence-electron chi connectivity index (χ4n) is 6.73. The number of anilines is 1. The second-order valence-corrected chi connectivity index (χ2v) is 14.2. The number of rotatable bonds is 21. The number of pyridine rings is 1. The Bertz CT molecular complexity index is 1610. The number of aromatic nitrogens is 1. The van der Waals surface area contributed by atoms with Crippen molar-refractivity contribution in [1.82, 2.24) is 9.47 Å². The molecule has 48 heavy (non-hydrogen) atoms. The highest BCUT2D eigenvalue weighted by atomic mass is 32.1. The van der Waals surface area contributed by atoms with Crippen molar-refractivity contribution < 1.29 is 14.3 Å². The zero-order valence-corrected chi connectivity index (χ0v) is 29.8. The zero-order chi connectivity index (χ0) is 33.4. The third-order valence-electron chi connectivity index (χ3n) is 9.63. The second kappa shape index (κ2) is 19.6. The van der Waals surface area contributed by atoms with Crippen molar-refractivity contribution in [1.29, 1.82) is 0 Å². The smallest absolute Gasteiger partial charge is 0.307 e. The van der Waals surface area contributed by atoms with Gasteiger partial charge in [0.25, 0.3) is 5.56 Å². The summed E-state index contributed by atoms with van der Waals surface area (Å²) in [5, 5.41) is 4.47. The van der Waals surface area contributed by atoms with Crippen molar-refractivity contribution in [3.8, 4) is 5.75 Å². The molecule has 1 aliphatic rings. The van der Waals surface area contributed by atoms with Gasteiger partial charge in [0.15, 0.2) is 6.73 Å². The van der Waals surface area contributed by atoms with E-state index in [0.29, 0.717) is 13.0 Å². The summed E-state index contributed by atoms with van der Waals surface area (Å²) in [6.07, 6.45) is 16.1. The molecule has 0 unspecified atom stereocenters. The lowest BCUT2D eigenvalue weighted by Gasteiger charge is -2.36. The summed E-state index contributed by atoms with van der Waals surface area (Å²) in [6, 6.07) is 18.0. The van der Waals surface area contributed by atoms with Crippen LogP contribution >= 0.6 is 11.3 Å². The molecule has 0 radical (unpaired) electrons. The number of fused-ring (bicyclic) bond motifs is 2. The van der Waals surface area contributed by atoms with E-state index in [1.807, 2.05) is 35.6 Å². The molecule has 0 atom stereocenters. The highest BCUT2D eigenvalue weighted by Crippen LogP contribution is 2.31. The summed E-state index contributed by atoms with van der Waals surface area (Å²) < 4.78 is 14.5. The largest absolute Gasteiger partial charge is 0.494 e. The number of nitrogens with zero attached hydrogens (tertiary/aromatic N) is 3. The topological polar surface area (TPSA) is 64.0 Å². The van der Waals surface area contributed by atoms with Crippen molar-refractivity contribution in [2.75, 3.05) is 44.2 Å². The lowest BCUT2D eigenvalue weighted by molar-refractivity contribution is -0.147. The predicted octanol–water partition coefficient (Wildman–Crippen LogP) is 9.40. The zero-order valence-electron chi connectivity index (χ0n) is 29.0. The Labute approximate surface area is 290 Å². The summed E-state index contributed by atoms with van der Waals surface area (Å²) in [7, 11) is 0. The Morgan fingerprint density at radius 2 is 1.52 bits per heavy atom. The van der Waals surface area contributed by atoms with E-state index in [-0.39, 0.29) is 18.3 Å². The number of unbranched alkanes of at least 4 members (excludes halogenated alkanes) is 11. The fourth-order valence-corrected chi connectivity index (χ4v) is 7.53. The van der Waals surface area contributed by atoms with Gasteiger partial charge in [0.2, 0.25) is 0 Å². The minimum atomic E-state index is -0.247. The molecular formula is C40H55N3O4S. The molecule has 1 fully saturated rings. The number of carbonyl (C=O) groups excluding carboxylic acids is 1. The van der Waals surface area contributed by atoms with Crippen molar-refractivity contribution in [2.24, 2.45) is 0 Å². The molecule has 0 N–H and O–H groups in total. The molecule has 0 amide bonds. The van der Waals surface area contributed by atoms with Gasteiger partial charge in [-0.3, -0.25) is 19.1 Å². The molecule has 3 heterocycles. The Morgan fingerprint density at radius 1 is 0.792 bits per heavy atom. The van der Waals surface area contributed by atoms with Crippen molar-refractivity contribution >= 4 is 44.0 Å². The molecule has 5 rings (SSSR count). The molecule has 2 aromatic carbocycles. The number of hydrogen-bond donors (Lipinski definition) is 0. The van der Waals surface area contributed by atoms with E-state index in [1.54, 1.807) is 0 Å². The van der Waals surface area contributed by atoms with Gasteiger partial charge >= 0.3 is 5.97 Å². The molecule has 1 aliphatic heterocycles. The lowest BCUT2D eigenvalue weighted by atomic mass is 10.1. The van der Waals surface area contributed by atoms with E-state index in [4.69, 9.17) is 9.47 Å². The predicted molar refractivity (Wildman–Crippen MR) is 201 cm³/mol. The summed E-state index contributed by atoms with van der Waals surface area (Å²) in [6.45, 7) is 8.13. The summed E-state index contributed by atoms with van der Waals surface area (Å²) in [5.41, 5.74) is 1.90. The minimum Gasteiger partial charge on any atom is -0.494 e. The highest BCUT2D eigenvalue weighted by molar-refractivity contribution is 7.17. The van der Waals surface area contributed by atoms with Gasteiger partial charge in [-0.25, -0.2) is 0 Å². The Hall–Kier alpha value is -3.36. The van der Waals surface area contributed by atoms with E-state index >= 15 is 0 Å². The first kappa shape index (κ1) is 35.9. The minimum absolute atomic E-state index is 0.0772. The maximum absolute atomic E-state index is 12.7. The SMILES string of the molecule is CCCCCCCCCCCCCC(=O)OCn1c(=O)ccc2ccc(OCCCCN3CCN(c4cccc5sccc45)CC3)cc21. The van der Waals surface area contributed by atoms with Crippen LogP contribution in [-0.2, 0) is 16.3 Å². The third kappa shape index (κ3) is 10.8. The first-order chi connectivity index (χ1) is 23.6. The van der Waals surface area contributed by atoms with Gasteiger partial charge in [-0.2, -0.15) is 0 Å². The van der Waals surface area contributed by atoms with Crippen LogP contribution in [0.3, 0.4) is 0 Å². The molecule has 0 spiro atoms. The van der Waals surface area contributed by atoms with Gasteiger partial charge in [-0.15, -0.1) is 11.3 Å². The van der Waals surface area contributed by atoms with E-state index in [0.717, 1.165) is 75.1 Å². The number of thiophene rings is 1. The van der Waals surface area contributed by atoms with Crippen LogP contribution in [-0.4, -0.2) is 54.8 Å². The monoisotopic (exact) mass is 673 g/mol. The first-order valence-electron chi connectivity index (χ1n) is 18.5. The summed E-state index contributed by atoms with van der Waals surface area (Å²) >= 11 is 1.81. The number of esters is 1. The molecule has 2 aromatic heterocycles. The normalized spacial score (nSPS) is 13.8. The molecule has 1 saturated heterocycles. The van der Waals surface area contributed by atoms with Gasteiger partial charge in [-0.05, 0) is 73.0 Å². The standard InChI is InChI=1S/C40H55N3O4S/c1-2-3-4-5-6-7-8-9-10-11-12-18-40(45)47-32-43-37-31-34(21-19-33(37)20-22-39(43)44)46-29-14-13-24-41-25-27-42(28-26-41)36-16-15-17-38-35(36)23-30-48-38/h15-17,19-23,30-31H,2-14,18,24-29,32H2,1H3. The van der Waals surface area contributed by atoms with Crippen LogP contribution in [0.2, 0.25) is 0 Å². The molecule has 7 nitrogen and oxygen atoms in total. The highest BCUT2D eigenvalue weighted by Gasteiger charge is 2.18. The second-order valence-electron chi connectivity index (χ2n) is 13.2. The van der Waals surface area contributed by atoms with Crippen molar-refractivity contribution in [3.63, 3.8) is 0 Å². The van der Waals surface area contributed by atoms with Crippen LogP contribution in [0.1, 0.15) is 96.8 Å². The summed E-state index contributed by atoms with van der Waals surface area (Å²) in [4.78, 5) is 30.3. The van der Waals surface area contributed by atoms with Crippen LogP contribution in [0, 0.1) is 0 Å². The number of carbonyl (C=O) groups is 1. The molecule has 0 bridgehead atoms. The van der Waals surface area contributed by atoms with E-state index in [1.165, 1.54) is 84.2 Å². The van der Waals surface area contributed by atoms with E-state index in [2.05, 4.69) is 46.4 Å². The van der Waals surface area contributed by atoms with E-state index < -0.39 is 0 Å². The molecule has 0 saturated carbocycles. The van der Waals surface area contributed by atoms with Gasteiger partial charge in [-0.1, -0.05) is 77.2 Å². The number of piperazine rings is 1. The van der Waals surface area contributed by atoms with E-state index in [9.17, 15) is 9.59 Å².